The molecule has 2 aromatic rings. The molecule has 0 aromatic heterocycles. The molecular formula is C16H20N2O2S. The second-order valence-electron chi connectivity index (χ2n) is 5.29. The predicted octanol–water partition coefficient (Wildman–Crippen LogP) is 2.49. The zero-order valence-corrected chi connectivity index (χ0v) is 13.0. The number of nitrogens with one attached hydrogen (secondary N) is 1. The van der Waals surface area contributed by atoms with Crippen LogP contribution in [0.25, 0.3) is 0 Å². The molecule has 0 saturated heterocycles. The van der Waals surface area contributed by atoms with Crippen LogP contribution in [-0.2, 0) is 16.4 Å². The second kappa shape index (κ2) is 6.28. The van der Waals surface area contributed by atoms with E-state index in [0.717, 1.165) is 11.1 Å². The molecule has 3 N–H and O–H groups in total. The molecule has 0 aliphatic rings. The molecule has 0 bridgehead atoms. The highest BCUT2D eigenvalue weighted by Crippen LogP contribution is 2.17. The third kappa shape index (κ3) is 4.31. The van der Waals surface area contributed by atoms with Gasteiger partial charge in [-0.15, -0.1) is 0 Å². The molecule has 0 heterocycles. The van der Waals surface area contributed by atoms with Crippen LogP contribution in [0, 0.1) is 6.92 Å². The van der Waals surface area contributed by atoms with Crippen LogP contribution in [0.3, 0.4) is 0 Å². The number of aryl methyl sites for hydroxylation is 1. The van der Waals surface area contributed by atoms with Crippen molar-refractivity contribution >= 4 is 15.7 Å². The first-order chi connectivity index (χ1) is 9.87. The summed E-state index contributed by atoms with van der Waals surface area (Å²) in [5, 5.41) is 0. The van der Waals surface area contributed by atoms with Crippen LogP contribution in [-0.4, -0.2) is 14.5 Å². The zero-order valence-electron chi connectivity index (χ0n) is 12.2. The number of hydrogen-bond acceptors (Lipinski definition) is 3. The third-order valence-corrected chi connectivity index (χ3v) is 4.69. The SMILES string of the molecule is Cc1cc(N)cc(S(=O)(=O)NC(C)Cc2ccccc2)c1. The van der Waals surface area contributed by atoms with Gasteiger partial charge in [0.1, 0.15) is 0 Å². The smallest absolute Gasteiger partial charge is 0.240 e. The van der Waals surface area contributed by atoms with Crippen molar-refractivity contribution < 1.29 is 8.42 Å². The number of rotatable bonds is 5. The van der Waals surface area contributed by atoms with Crippen LogP contribution >= 0.6 is 0 Å². The van der Waals surface area contributed by atoms with Crippen LogP contribution in [0.2, 0.25) is 0 Å². The molecule has 112 valence electrons. The van der Waals surface area contributed by atoms with E-state index >= 15 is 0 Å². The minimum Gasteiger partial charge on any atom is -0.399 e. The number of anilines is 1. The lowest BCUT2D eigenvalue weighted by Gasteiger charge is -2.15. The number of hydrogen-bond donors (Lipinski definition) is 2. The Morgan fingerprint density at radius 2 is 1.81 bits per heavy atom. The van der Waals surface area contributed by atoms with Gasteiger partial charge in [0, 0.05) is 11.7 Å². The van der Waals surface area contributed by atoms with E-state index in [1.807, 2.05) is 44.2 Å². The average molecular weight is 304 g/mol. The Morgan fingerprint density at radius 3 is 2.43 bits per heavy atom. The Labute approximate surface area is 126 Å². The number of nitrogens with two attached hydrogens (primary N) is 1. The van der Waals surface area contributed by atoms with E-state index in [9.17, 15) is 8.42 Å². The summed E-state index contributed by atoms with van der Waals surface area (Å²) < 4.78 is 27.4. The maximum atomic E-state index is 12.4. The van der Waals surface area contributed by atoms with Crippen LogP contribution in [0.5, 0.6) is 0 Å². The van der Waals surface area contributed by atoms with Crippen molar-refractivity contribution in [3.8, 4) is 0 Å². The molecule has 4 nitrogen and oxygen atoms in total. The summed E-state index contributed by atoms with van der Waals surface area (Å²) in [6, 6.07) is 14.4. The number of nitrogen functional groups attached to an aromatic ring is 1. The summed E-state index contributed by atoms with van der Waals surface area (Å²) >= 11 is 0. The summed E-state index contributed by atoms with van der Waals surface area (Å²) in [6.07, 6.45) is 0.640. The van der Waals surface area contributed by atoms with Gasteiger partial charge in [-0.2, -0.15) is 0 Å². The minimum atomic E-state index is -3.55. The van der Waals surface area contributed by atoms with Crippen molar-refractivity contribution in [3.63, 3.8) is 0 Å². The summed E-state index contributed by atoms with van der Waals surface area (Å²) in [5.41, 5.74) is 8.09. The van der Waals surface area contributed by atoms with Gasteiger partial charge < -0.3 is 5.73 Å². The van der Waals surface area contributed by atoms with E-state index in [2.05, 4.69) is 4.72 Å². The monoisotopic (exact) mass is 304 g/mol. The largest absolute Gasteiger partial charge is 0.399 e. The zero-order chi connectivity index (χ0) is 15.5. The van der Waals surface area contributed by atoms with E-state index < -0.39 is 10.0 Å². The van der Waals surface area contributed by atoms with Crippen molar-refractivity contribution in [1.82, 2.24) is 4.72 Å². The maximum absolute atomic E-state index is 12.4. The lowest BCUT2D eigenvalue weighted by atomic mass is 10.1. The van der Waals surface area contributed by atoms with Gasteiger partial charge in [-0.05, 0) is 49.6 Å². The highest BCUT2D eigenvalue weighted by molar-refractivity contribution is 7.89. The fourth-order valence-corrected chi connectivity index (χ4v) is 3.66. The lowest BCUT2D eigenvalue weighted by molar-refractivity contribution is 0.559. The van der Waals surface area contributed by atoms with Gasteiger partial charge >= 0.3 is 0 Å². The van der Waals surface area contributed by atoms with E-state index in [1.165, 1.54) is 6.07 Å². The second-order valence-corrected chi connectivity index (χ2v) is 7.01. The molecule has 0 amide bonds. The van der Waals surface area contributed by atoms with Gasteiger partial charge in [0.15, 0.2) is 0 Å². The Bertz CT molecular complexity index is 692. The van der Waals surface area contributed by atoms with Gasteiger partial charge in [0.2, 0.25) is 10.0 Å². The van der Waals surface area contributed by atoms with Crippen molar-refractivity contribution in [2.24, 2.45) is 0 Å². The van der Waals surface area contributed by atoms with E-state index in [4.69, 9.17) is 5.73 Å². The molecule has 2 aromatic carbocycles. The highest BCUT2D eigenvalue weighted by Gasteiger charge is 2.18. The van der Waals surface area contributed by atoms with Crippen LogP contribution < -0.4 is 10.5 Å². The van der Waals surface area contributed by atoms with Crippen molar-refractivity contribution in [2.45, 2.75) is 31.2 Å². The molecule has 21 heavy (non-hydrogen) atoms. The van der Waals surface area contributed by atoms with E-state index in [0.29, 0.717) is 12.1 Å². The molecule has 0 radical (unpaired) electrons. The topological polar surface area (TPSA) is 72.2 Å². The molecule has 0 fully saturated rings. The quantitative estimate of drug-likeness (QED) is 0.834. The standard InChI is InChI=1S/C16H20N2O2S/c1-12-8-15(17)11-16(9-12)21(19,20)18-13(2)10-14-6-4-3-5-7-14/h3-9,11,13,18H,10,17H2,1-2H3. The first kappa shape index (κ1) is 15.5. The van der Waals surface area contributed by atoms with Crippen molar-refractivity contribution in [1.29, 1.82) is 0 Å². The molecule has 0 saturated carbocycles. The predicted molar refractivity (Wildman–Crippen MR) is 85.5 cm³/mol. The summed E-state index contributed by atoms with van der Waals surface area (Å²) in [7, 11) is -3.55. The molecule has 0 aliphatic heterocycles. The van der Waals surface area contributed by atoms with E-state index in [-0.39, 0.29) is 10.9 Å². The van der Waals surface area contributed by atoms with Gasteiger partial charge in [-0.1, -0.05) is 30.3 Å². The molecule has 0 aliphatic carbocycles. The summed E-state index contributed by atoms with van der Waals surface area (Å²) in [6.45, 7) is 3.67. The third-order valence-electron chi connectivity index (χ3n) is 3.12. The maximum Gasteiger partial charge on any atom is 0.240 e. The molecule has 1 atom stereocenters. The molecule has 2 rings (SSSR count). The fourth-order valence-electron chi connectivity index (χ4n) is 2.27. The van der Waals surface area contributed by atoms with Crippen LogP contribution in [0.15, 0.2) is 53.4 Å². The Balaban J connectivity index is 2.13. The Kier molecular flexibility index (Phi) is 4.65. The lowest BCUT2D eigenvalue weighted by Crippen LogP contribution is -2.34. The van der Waals surface area contributed by atoms with Gasteiger partial charge in [0.25, 0.3) is 0 Å². The van der Waals surface area contributed by atoms with E-state index in [1.54, 1.807) is 12.1 Å². The van der Waals surface area contributed by atoms with Crippen LogP contribution in [0.1, 0.15) is 18.1 Å². The van der Waals surface area contributed by atoms with Gasteiger partial charge in [-0.25, -0.2) is 13.1 Å². The van der Waals surface area contributed by atoms with Crippen molar-refractivity contribution in [3.05, 3.63) is 59.7 Å². The summed E-state index contributed by atoms with van der Waals surface area (Å²) in [4.78, 5) is 0.208. The Hall–Kier alpha value is -1.85. The highest BCUT2D eigenvalue weighted by atomic mass is 32.2. The number of benzene rings is 2. The average Bonchev–Trinajstić information content (AvgIpc) is 2.37. The van der Waals surface area contributed by atoms with Gasteiger partial charge in [0.05, 0.1) is 4.90 Å². The molecule has 0 spiro atoms. The summed E-state index contributed by atoms with van der Waals surface area (Å²) in [5.74, 6) is 0. The van der Waals surface area contributed by atoms with Crippen molar-refractivity contribution in [2.75, 3.05) is 5.73 Å². The molecule has 5 heteroatoms. The molecule has 1 unspecified atom stereocenters. The first-order valence-corrected chi connectivity index (χ1v) is 8.28. The minimum absolute atomic E-state index is 0.195. The Morgan fingerprint density at radius 1 is 1.14 bits per heavy atom. The number of sulfonamides is 1. The van der Waals surface area contributed by atoms with Gasteiger partial charge in [-0.3, -0.25) is 0 Å². The normalized spacial score (nSPS) is 13.0. The fraction of sp³-hybridized carbons (Fsp3) is 0.250. The van der Waals surface area contributed by atoms with Crippen LogP contribution in [0.4, 0.5) is 5.69 Å². The first-order valence-electron chi connectivity index (χ1n) is 6.80. The molecular weight excluding hydrogens is 284 g/mol.